The summed E-state index contributed by atoms with van der Waals surface area (Å²) in [6.07, 6.45) is 2.88. The van der Waals surface area contributed by atoms with Crippen molar-refractivity contribution in [1.82, 2.24) is 9.84 Å². The van der Waals surface area contributed by atoms with E-state index in [0.717, 1.165) is 30.4 Å². The first kappa shape index (κ1) is 15.4. The summed E-state index contributed by atoms with van der Waals surface area (Å²) in [4.78, 5) is 2.65. The van der Waals surface area contributed by atoms with Crippen LogP contribution in [0.25, 0.3) is 0 Å². The van der Waals surface area contributed by atoms with Gasteiger partial charge in [-0.2, -0.15) is 0 Å². The van der Waals surface area contributed by atoms with Gasteiger partial charge in [-0.05, 0) is 49.9 Å². The van der Waals surface area contributed by atoms with Gasteiger partial charge in [-0.3, -0.25) is 0 Å². The van der Waals surface area contributed by atoms with Crippen LogP contribution in [0.15, 0.2) is 18.2 Å². The lowest BCUT2D eigenvalue weighted by atomic mass is 9.93. The number of nitrogens with zero attached hydrogens (tertiary/aromatic N) is 1. The summed E-state index contributed by atoms with van der Waals surface area (Å²) in [7, 11) is -3.28. The second-order valence-corrected chi connectivity index (χ2v) is 7.19. The number of nitrogens with one attached hydrogen (secondary N) is 1. The van der Waals surface area contributed by atoms with Crippen molar-refractivity contribution < 1.29 is 12.8 Å². The summed E-state index contributed by atoms with van der Waals surface area (Å²) in [6, 6.07) is 4.67. The molecule has 1 N–H and O–H groups in total. The predicted octanol–water partition coefficient (Wildman–Crippen LogP) is 2.52. The topological polar surface area (TPSA) is 49.4 Å². The van der Waals surface area contributed by atoms with Gasteiger partial charge in [-0.25, -0.2) is 17.8 Å². The third-order valence-corrected chi connectivity index (χ3v) is 5.00. The van der Waals surface area contributed by atoms with Gasteiger partial charge in [0.05, 0.1) is 11.8 Å². The summed E-state index contributed by atoms with van der Waals surface area (Å²) in [6.45, 7) is 4.16. The Bertz CT molecular complexity index is 575. The summed E-state index contributed by atoms with van der Waals surface area (Å²) in [5, 5.41) is 1.78. The average molecular weight is 300 g/mol. The summed E-state index contributed by atoms with van der Waals surface area (Å²) >= 11 is 0. The van der Waals surface area contributed by atoms with Crippen LogP contribution < -0.4 is 4.83 Å². The molecule has 0 aromatic heterocycles. The lowest BCUT2D eigenvalue weighted by molar-refractivity contribution is 0.122. The van der Waals surface area contributed by atoms with Crippen LogP contribution in [-0.2, 0) is 10.0 Å². The number of benzene rings is 1. The smallest absolute Gasteiger partial charge is 0.223 e. The highest BCUT2D eigenvalue weighted by Gasteiger charge is 2.27. The molecule has 1 heterocycles. The fraction of sp³-hybridized carbons (Fsp3) is 0.571. The van der Waals surface area contributed by atoms with E-state index in [-0.39, 0.29) is 17.6 Å². The molecular formula is C14H21FN2O2S. The monoisotopic (exact) mass is 300 g/mol. The Kier molecular flexibility index (Phi) is 4.78. The molecule has 1 saturated heterocycles. The SMILES string of the molecule is CCS(=O)(=O)NN1CCCCC1c1ccc(F)cc1C. The first-order valence-electron chi connectivity index (χ1n) is 6.96. The van der Waals surface area contributed by atoms with Gasteiger partial charge >= 0.3 is 0 Å². The first-order chi connectivity index (χ1) is 9.43. The van der Waals surface area contributed by atoms with Gasteiger partial charge in [0.15, 0.2) is 0 Å². The maximum Gasteiger partial charge on any atom is 0.224 e. The van der Waals surface area contributed by atoms with E-state index in [0.29, 0.717) is 6.54 Å². The van der Waals surface area contributed by atoms with Gasteiger partial charge in [-0.15, -0.1) is 4.83 Å². The van der Waals surface area contributed by atoms with Gasteiger partial charge in [0.25, 0.3) is 0 Å². The average Bonchev–Trinajstić information content (AvgIpc) is 2.40. The Morgan fingerprint density at radius 2 is 2.15 bits per heavy atom. The minimum Gasteiger partial charge on any atom is -0.223 e. The maximum atomic E-state index is 13.2. The molecule has 4 nitrogen and oxygen atoms in total. The van der Waals surface area contributed by atoms with Crippen LogP contribution in [0.3, 0.4) is 0 Å². The molecule has 1 aromatic carbocycles. The highest BCUT2D eigenvalue weighted by atomic mass is 32.2. The molecule has 112 valence electrons. The van der Waals surface area contributed by atoms with E-state index in [4.69, 9.17) is 0 Å². The standard InChI is InChI=1S/C14H21FN2O2S/c1-3-20(18,19)16-17-9-5-4-6-14(17)13-8-7-12(15)10-11(13)2/h7-8,10,14,16H,3-6,9H2,1-2H3. The van der Waals surface area contributed by atoms with Crippen molar-refractivity contribution in [3.8, 4) is 0 Å². The van der Waals surface area contributed by atoms with Crippen molar-refractivity contribution in [2.45, 2.75) is 39.2 Å². The Morgan fingerprint density at radius 3 is 2.80 bits per heavy atom. The van der Waals surface area contributed by atoms with Crippen molar-refractivity contribution in [1.29, 1.82) is 0 Å². The zero-order valence-corrected chi connectivity index (χ0v) is 12.7. The van der Waals surface area contributed by atoms with Gasteiger partial charge in [-0.1, -0.05) is 12.5 Å². The number of sulfonamides is 1. The molecule has 1 fully saturated rings. The fourth-order valence-electron chi connectivity index (χ4n) is 2.62. The first-order valence-corrected chi connectivity index (χ1v) is 8.61. The minimum atomic E-state index is -3.28. The molecule has 1 unspecified atom stereocenters. The third-order valence-electron chi connectivity index (χ3n) is 3.73. The van der Waals surface area contributed by atoms with Gasteiger partial charge in [0, 0.05) is 6.54 Å². The van der Waals surface area contributed by atoms with E-state index in [1.807, 2.05) is 6.92 Å². The number of rotatable bonds is 4. The van der Waals surface area contributed by atoms with Crippen LogP contribution in [0.1, 0.15) is 43.4 Å². The number of hydrogen-bond donors (Lipinski definition) is 1. The Hall–Kier alpha value is -0.980. The van der Waals surface area contributed by atoms with E-state index in [1.54, 1.807) is 18.0 Å². The Balaban J connectivity index is 2.27. The van der Waals surface area contributed by atoms with E-state index >= 15 is 0 Å². The molecule has 1 atom stereocenters. The van der Waals surface area contributed by atoms with Crippen molar-refractivity contribution >= 4 is 10.0 Å². The maximum absolute atomic E-state index is 13.2. The summed E-state index contributed by atoms with van der Waals surface area (Å²) in [5.41, 5.74) is 1.85. The Labute approximate surface area is 120 Å². The number of hydrazine groups is 1. The quantitative estimate of drug-likeness (QED) is 0.929. The van der Waals surface area contributed by atoms with Crippen LogP contribution >= 0.6 is 0 Å². The van der Waals surface area contributed by atoms with Gasteiger partial charge < -0.3 is 0 Å². The molecule has 1 aliphatic rings. The molecule has 6 heteroatoms. The molecule has 2 rings (SSSR count). The fourth-order valence-corrected chi connectivity index (χ4v) is 3.33. The van der Waals surface area contributed by atoms with Crippen LogP contribution in [-0.4, -0.2) is 25.7 Å². The van der Waals surface area contributed by atoms with E-state index < -0.39 is 10.0 Å². The van der Waals surface area contributed by atoms with Gasteiger partial charge in [0.2, 0.25) is 10.0 Å². The van der Waals surface area contributed by atoms with Crippen LogP contribution in [0, 0.1) is 12.7 Å². The predicted molar refractivity (Wildman–Crippen MR) is 77.0 cm³/mol. The summed E-state index contributed by atoms with van der Waals surface area (Å²) < 4.78 is 36.8. The largest absolute Gasteiger partial charge is 0.224 e. The van der Waals surface area contributed by atoms with Gasteiger partial charge in [0.1, 0.15) is 5.82 Å². The molecule has 1 aliphatic heterocycles. The third kappa shape index (κ3) is 3.56. The number of hydrogen-bond acceptors (Lipinski definition) is 3. The van der Waals surface area contributed by atoms with E-state index in [2.05, 4.69) is 4.83 Å². The molecular weight excluding hydrogens is 279 g/mol. The summed E-state index contributed by atoms with van der Waals surface area (Å²) in [5.74, 6) is -0.207. The highest BCUT2D eigenvalue weighted by molar-refractivity contribution is 7.89. The number of aryl methyl sites for hydroxylation is 1. The number of piperidine rings is 1. The zero-order valence-electron chi connectivity index (χ0n) is 11.9. The van der Waals surface area contributed by atoms with Crippen molar-refractivity contribution in [2.75, 3.05) is 12.3 Å². The minimum absolute atomic E-state index is 0.0225. The van der Waals surface area contributed by atoms with Crippen molar-refractivity contribution in [2.24, 2.45) is 0 Å². The molecule has 0 saturated carbocycles. The zero-order chi connectivity index (χ0) is 14.8. The normalized spacial score (nSPS) is 21.1. The molecule has 0 bridgehead atoms. The second-order valence-electron chi connectivity index (χ2n) is 5.20. The highest BCUT2D eigenvalue weighted by Crippen LogP contribution is 2.31. The lowest BCUT2D eigenvalue weighted by Crippen LogP contribution is -2.47. The molecule has 20 heavy (non-hydrogen) atoms. The van der Waals surface area contributed by atoms with E-state index in [1.165, 1.54) is 12.1 Å². The van der Waals surface area contributed by atoms with E-state index in [9.17, 15) is 12.8 Å². The molecule has 0 amide bonds. The molecule has 0 aliphatic carbocycles. The second kappa shape index (κ2) is 6.20. The lowest BCUT2D eigenvalue weighted by Gasteiger charge is -2.36. The van der Waals surface area contributed by atoms with Crippen LogP contribution in [0.4, 0.5) is 4.39 Å². The van der Waals surface area contributed by atoms with Crippen LogP contribution in [0.5, 0.6) is 0 Å². The number of halogens is 1. The van der Waals surface area contributed by atoms with Crippen molar-refractivity contribution in [3.63, 3.8) is 0 Å². The Morgan fingerprint density at radius 1 is 1.40 bits per heavy atom. The molecule has 0 radical (unpaired) electrons. The van der Waals surface area contributed by atoms with Crippen LogP contribution in [0.2, 0.25) is 0 Å². The molecule has 0 spiro atoms. The van der Waals surface area contributed by atoms with Crippen molar-refractivity contribution in [3.05, 3.63) is 35.1 Å². The molecule has 1 aromatic rings.